The van der Waals surface area contributed by atoms with Crippen molar-refractivity contribution in [2.24, 2.45) is 17.8 Å². The zero-order valence-electron chi connectivity index (χ0n) is 18.6. The van der Waals surface area contributed by atoms with Crippen LogP contribution in [-0.4, -0.2) is 25.2 Å². The second kappa shape index (κ2) is 17.1. The molecule has 1 unspecified atom stereocenters. The van der Waals surface area contributed by atoms with E-state index >= 15 is 0 Å². The van der Waals surface area contributed by atoms with Crippen molar-refractivity contribution in [1.29, 1.82) is 0 Å². The first-order chi connectivity index (χ1) is 12.8. The number of carbonyl (C=O) groups is 2. The van der Waals surface area contributed by atoms with Crippen molar-refractivity contribution >= 4 is 11.9 Å². The number of hydrogen-bond acceptors (Lipinski definition) is 4. The van der Waals surface area contributed by atoms with E-state index in [2.05, 4.69) is 27.7 Å². The van der Waals surface area contributed by atoms with E-state index in [9.17, 15) is 9.59 Å². The molecule has 160 valence electrons. The molecule has 27 heavy (non-hydrogen) atoms. The fourth-order valence-electron chi connectivity index (χ4n) is 2.74. The molecule has 0 aromatic heterocycles. The summed E-state index contributed by atoms with van der Waals surface area (Å²) in [7, 11) is 0. The van der Waals surface area contributed by atoms with Gasteiger partial charge >= 0.3 is 11.9 Å². The molecule has 0 aliphatic carbocycles. The Bertz CT molecular complexity index is 377. The minimum atomic E-state index is -0.0510. The molecule has 4 heteroatoms. The van der Waals surface area contributed by atoms with E-state index in [1.807, 2.05) is 6.92 Å². The smallest absolute Gasteiger partial charge is 0.308 e. The highest BCUT2D eigenvalue weighted by molar-refractivity contribution is 5.71. The van der Waals surface area contributed by atoms with Crippen LogP contribution < -0.4 is 0 Å². The van der Waals surface area contributed by atoms with Crippen LogP contribution in [0.15, 0.2) is 0 Å². The van der Waals surface area contributed by atoms with Crippen molar-refractivity contribution < 1.29 is 19.1 Å². The molecule has 0 bridgehead atoms. The molecule has 0 heterocycles. The molecule has 0 amide bonds. The molecular weight excluding hydrogens is 340 g/mol. The standard InChI is InChI=1S/C23H44O4/c1-19(2)15-17-26-22(24)14-12-10-8-6-7-9-11-13-21(5)23(25)27-18-16-20(3)4/h19-21H,6-18H2,1-5H3. The van der Waals surface area contributed by atoms with Gasteiger partial charge in [-0.25, -0.2) is 0 Å². The van der Waals surface area contributed by atoms with Crippen LogP contribution in [0.4, 0.5) is 0 Å². The Morgan fingerprint density at radius 2 is 1.11 bits per heavy atom. The lowest BCUT2D eigenvalue weighted by Crippen LogP contribution is -2.16. The Labute approximate surface area is 167 Å². The van der Waals surface area contributed by atoms with E-state index in [1.54, 1.807) is 0 Å². The number of rotatable bonds is 17. The molecule has 4 nitrogen and oxygen atoms in total. The van der Waals surface area contributed by atoms with Gasteiger partial charge < -0.3 is 9.47 Å². The molecule has 0 radical (unpaired) electrons. The molecule has 0 fully saturated rings. The SMILES string of the molecule is CC(C)CCOC(=O)CCCCCCCCCC(C)C(=O)OCCC(C)C. The van der Waals surface area contributed by atoms with Gasteiger partial charge in [0.1, 0.15) is 0 Å². The van der Waals surface area contributed by atoms with Crippen LogP contribution in [0.25, 0.3) is 0 Å². The molecule has 0 aliphatic rings. The third-order valence-corrected chi connectivity index (χ3v) is 4.82. The van der Waals surface area contributed by atoms with Gasteiger partial charge in [-0.2, -0.15) is 0 Å². The van der Waals surface area contributed by atoms with Crippen LogP contribution in [0.1, 0.15) is 105 Å². The highest BCUT2D eigenvalue weighted by Crippen LogP contribution is 2.15. The van der Waals surface area contributed by atoms with Gasteiger partial charge in [-0.15, -0.1) is 0 Å². The second-order valence-electron chi connectivity index (χ2n) is 8.67. The molecule has 0 aliphatic heterocycles. The molecule has 0 aromatic carbocycles. The summed E-state index contributed by atoms with van der Waals surface area (Å²) in [5, 5.41) is 0. The molecular formula is C23H44O4. The highest BCUT2D eigenvalue weighted by atomic mass is 16.5. The fraction of sp³-hybridized carbons (Fsp3) is 0.913. The lowest BCUT2D eigenvalue weighted by atomic mass is 10.0. The number of unbranched alkanes of at least 4 members (excludes halogenated alkanes) is 6. The van der Waals surface area contributed by atoms with E-state index in [4.69, 9.17) is 9.47 Å². The van der Waals surface area contributed by atoms with Gasteiger partial charge in [0.05, 0.1) is 19.1 Å². The summed E-state index contributed by atoms with van der Waals surface area (Å²) in [6, 6.07) is 0. The summed E-state index contributed by atoms with van der Waals surface area (Å²) in [6.07, 6.45) is 11.2. The van der Waals surface area contributed by atoms with Gasteiger partial charge in [-0.1, -0.05) is 73.1 Å². The Morgan fingerprint density at radius 1 is 0.630 bits per heavy atom. The number of hydrogen-bond donors (Lipinski definition) is 0. The summed E-state index contributed by atoms with van der Waals surface area (Å²) < 4.78 is 10.5. The summed E-state index contributed by atoms with van der Waals surface area (Å²) >= 11 is 0. The topological polar surface area (TPSA) is 52.6 Å². The zero-order valence-corrected chi connectivity index (χ0v) is 18.6. The van der Waals surface area contributed by atoms with E-state index < -0.39 is 0 Å². The molecule has 0 saturated heterocycles. The van der Waals surface area contributed by atoms with Crippen LogP contribution in [0.5, 0.6) is 0 Å². The third kappa shape index (κ3) is 18.1. The second-order valence-corrected chi connectivity index (χ2v) is 8.67. The zero-order chi connectivity index (χ0) is 20.5. The summed E-state index contributed by atoms with van der Waals surface area (Å²) in [5.74, 6) is 1.07. The maximum Gasteiger partial charge on any atom is 0.308 e. The maximum atomic E-state index is 11.9. The van der Waals surface area contributed by atoms with Crippen LogP contribution >= 0.6 is 0 Å². The summed E-state index contributed by atoms with van der Waals surface area (Å²) in [5.41, 5.74) is 0. The Hall–Kier alpha value is -1.06. The first-order valence-corrected chi connectivity index (χ1v) is 11.1. The Kier molecular flexibility index (Phi) is 16.4. The van der Waals surface area contributed by atoms with Crippen molar-refractivity contribution in [1.82, 2.24) is 0 Å². The Morgan fingerprint density at radius 3 is 1.67 bits per heavy atom. The molecule has 0 spiro atoms. The average molecular weight is 385 g/mol. The van der Waals surface area contributed by atoms with Gasteiger partial charge in [0.2, 0.25) is 0 Å². The van der Waals surface area contributed by atoms with Crippen molar-refractivity contribution in [3.8, 4) is 0 Å². The van der Waals surface area contributed by atoms with Crippen LogP contribution in [0, 0.1) is 17.8 Å². The molecule has 0 aromatic rings. The summed E-state index contributed by atoms with van der Waals surface area (Å²) in [6.45, 7) is 11.6. The van der Waals surface area contributed by atoms with Crippen LogP contribution in [0.3, 0.4) is 0 Å². The summed E-state index contributed by atoms with van der Waals surface area (Å²) in [4.78, 5) is 23.4. The van der Waals surface area contributed by atoms with E-state index in [0.29, 0.717) is 31.5 Å². The predicted molar refractivity (Wildman–Crippen MR) is 112 cm³/mol. The van der Waals surface area contributed by atoms with Crippen molar-refractivity contribution in [2.45, 2.75) is 105 Å². The monoisotopic (exact) mass is 384 g/mol. The maximum absolute atomic E-state index is 11.9. The van der Waals surface area contributed by atoms with Gasteiger partial charge in [0.25, 0.3) is 0 Å². The number of esters is 2. The van der Waals surface area contributed by atoms with Crippen LogP contribution in [0.2, 0.25) is 0 Å². The average Bonchev–Trinajstić information content (AvgIpc) is 2.59. The molecule has 0 saturated carbocycles. The third-order valence-electron chi connectivity index (χ3n) is 4.82. The number of carbonyl (C=O) groups excluding carboxylic acids is 2. The molecule has 0 rings (SSSR count). The minimum absolute atomic E-state index is 0.0128. The normalized spacial score (nSPS) is 12.4. The van der Waals surface area contributed by atoms with Crippen molar-refractivity contribution in [3.05, 3.63) is 0 Å². The van der Waals surface area contributed by atoms with Gasteiger partial charge in [0.15, 0.2) is 0 Å². The van der Waals surface area contributed by atoms with Gasteiger partial charge in [-0.3, -0.25) is 9.59 Å². The highest BCUT2D eigenvalue weighted by Gasteiger charge is 2.13. The van der Waals surface area contributed by atoms with Crippen LogP contribution in [-0.2, 0) is 19.1 Å². The lowest BCUT2D eigenvalue weighted by Gasteiger charge is -2.12. The largest absolute Gasteiger partial charge is 0.466 e. The van der Waals surface area contributed by atoms with E-state index in [-0.39, 0.29) is 17.9 Å². The van der Waals surface area contributed by atoms with Crippen molar-refractivity contribution in [2.75, 3.05) is 13.2 Å². The van der Waals surface area contributed by atoms with Gasteiger partial charge in [-0.05, 0) is 37.5 Å². The predicted octanol–water partition coefficient (Wildman–Crippen LogP) is 6.31. The van der Waals surface area contributed by atoms with Gasteiger partial charge in [0, 0.05) is 6.42 Å². The lowest BCUT2D eigenvalue weighted by molar-refractivity contribution is -0.148. The molecule has 1 atom stereocenters. The first kappa shape index (κ1) is 25.9. The first-order valence-electron chi connectivity index (χ1n) is 11.1. The number of ether oxygens (including phenoxy) is 2. The molecule has 0 N–H and O–H groups in total. The van der Waals surface area contributed by atoms with E-state index in [0.717, 1.165) is 38.5 Å². The van der Waals surface area contributed by atoms with E-state index in [1.165, 1.54) is 25.7 Å². The Balaban J connectivity index is 3.41. The fourth-order valence-corrected chi connectivity index (χ4v) is 2.74. The quantitative estimate of drug-likeness (QED) is 0.218. The van der Waals surface area contributed by atoms with Crippen molar-refractivity contribution in [3.63, 3.8) is 0 Å². The minimum Gasteiger partial charge on any atom is -0.466 e.